The minimum absolute atomic E-state index is 0.116. The summed E-state index contributed by atoms with van der Waals surface area (Å²) in [5.74, 6) is 0.585. The Morgan fingerprint density at radius 2 is 1.39 bits per heavy atom. The number of hydrogen-bond donors (Lipinski definition) is 0. The van der Waals surface area contributed by atoms with E-state index in [0.717, 1.165) is 0 Å². The molecular weight excluding hydrogens is 440 g/mol. The molecule has 0 spiro atoms. The number of ether oxygens (including phenoxy) is 1. The van der Waals surface area contributed by atoms with E-state index < -0.39 is 16.6 Å². The van der Waals surface area contributed by atoms with Crippen LogP contribution in [0, 0.1) is 11.8 Å². The van der Waals surface area contributed by atoms with Gasteiger partial charge in [-0.3, -0.25) is 0 Å². The Balaban J connectivity index is 2.85. The van der Waals surface area contributed by atoms with Gasteiger partial charge in [0.05, 0.1) is 25.9 Å². The lowest BCUT2D eigenvalue weighted by Crippen LogP contribution is -2.47. The number of rotatable bonds is 12. The highest BCUT2D eigenvalue weighted by Crippen LogP contribution is 2.39. The quantitative estimate of drug-likeness (QED) is 0.216. The lowest BCUT2D eigenvalue weighted by molar-refractivity contribution is 0.0194. The molecule has 33 heavy (non-hydrogen) atoms. The van der Waals surface area contributed by atoms with Crippen molar-refractivity contribution in [2.75, 3.05) is 13.2 Å². The first-order chi connectivity index (χ1) is 15.0. The largest absolute Gasteiger partial charge is 0.413 e. The first kappa shape index (κ1) is 30.3. The van der Waals surface area contributed by atoms with Crippen LogP contribution in [0.5, 0.6) is 0 Å². The molecule has 0 aliphatic heterocycles. The molecule has 3 atom stereocenters. The van der Waals surface area contributed by atoms with Crippen molar-refractivity contribution < 1.29 is 13.6 Å². The molecule has 0 aromatic heterocycles. The van der Waals surface area contributed by atoms with Gasteiger partial charge < -0.3 is 13.6 Å². The summed E-state index contributed by atoms with van der Waals surface area (Å²) < 4.78 is 19.4. The maximum Gasteiger partial charge on any atom is 0.192 e. The van der Waals surface area contributed by atoms with Crippen molar-refractivity contribution in [3.8, 4) is 0 Å². The zero-order valence-electron chi connectivity index (χ0n) is 23.6. The van der Waals surface area contributed by atoms with Crippen LogP contribution < -0.4 is 0 Å². The van der Waals surface area contributed by atoms with Crippen LogP contribution in [0.4, 0.5) is 0 Å². The molecule has 0 saturated heterocycles. The molecule has 1 aromatic carbocycles. The molecule has 0 aliphatic carbocycles. The van der Waals surface area contributed by atoms with Crippen molar-refractivity contribution in [2.45, 2.75) is 104 Å². The normalized spacial score (nSPS) is 16.7. The molecule has 0 heterocycles. The van der Waals surface area contributed by atoms with Gasteiger partial charge in [-0.05, 0) is 47.7 Å². The number of benzene rings is 1. The zero-order valence-corrected chi connectivity index (χ0v) is 25.6. The fourth-order valence-corrected chi connectivity index (χ4v) is 5.57. The highest BCUT2D eigenvalue weighted by atomic mass is 28.4. The van der Waals surface area contributed by atoms with Gasteiger partial charge in [-0.2, -0.15) is 0 Å². The molecular formula is C28H52O3Si2. The zero-order chi connectivity index (χ0) is 25.5. The van der Waals surface area contributed by atoms with E-state index in [4.69, 9.17) is 13.6 Å². The third-order valence-electron chi connectivity index (χ3n) is 7.59. The summed E-state index contributed by atoms with van der Waals surface area (Å²) in [6, 6.07) is 10.4. The lowest BCUT2D eigenvalue weighted by atomic mass is 9.93. The van der Waals surface area contributed by atoms with Crippen molar-refractivity contribution in [3.05, 3.63) is 48.0 Å². The third-order valence-corrected chi connectivity index (χ3v) is 16.6. The monoisotopic (exact) mass is 492 g/mol. The Morgan fingerprint density at radius 3 is 1.91 bits per heavy atom. The average Bonchev–Trinajstić information content (AvgIpc) is 2.68. The predicted octanol–water partition coefficient (Wildman–Crippen LogP) is 8.44. The smallest absolute Gasteiger partial charge is 0.192 e. The maximum atomic E-state index is 6.96. The Labute approximate surface area is 207 Å². The van der Waals surface area contributed by atoms with Gasteiger partial charge in [0.1, 0.15) is 0 Å². The van der Waals surface area contributed by atoms with E-state index in [0.29, 0.717) is 25.7 Å². The topological polar surface area (TPSA) is 27.7 Å². The van der Waals surface area contributed by atoms with Crippen LogP contribution in [0.15, 0.2) is 42.5 Å². The van der Waals surface area contributed by atoms with E-state index in [-0.39, 0.29) is 22.1 Å². The van der Waals surface area contributed by atoms with Crippen molar-refractivity contribution in [1.29, 1.82) is 0 Å². The van der Waals surface area contributed by atoms with Gasteiger partial charge in [0.25, 0.3) is 0 Å². The van der Waals surface area contributed by atoms with Crippen molar-refractivity contribution in [3.63, 3.8) is 0 Å². The summed E-state index contributed by atoms with van der Waals surface area (Å²) >= 11 is 0. The molecule has 0 radical (unpaired) electrons. The van der Waals surface area contributed by atoms with Crippen molar-refractivity contribution in [2.24, 2.45) is 11.8 Å². The van der Waals surface area contributed by atoms with Crippen molar-refractivity contribution in [1.82, 2.24) is 0 Å². The summed E-state index contributed by atoms with van der Waals surface area (Å²) in [6.45, 7) is 29.6. The maximum absolute atomic E-state index is 6.96. The van der Waals surface area contributed by atoms with Crippen LogP contribution in [0.25, 0.3) is 0 Å². The molecule has 5 heteroatoms. The molecule has 0 unspecified atom stereocenters. The van der Waals surface area contributed by atoms with Gasteiger partial charge in [-0.1, -0.05) is 97.9 Å². The summed E-state index contributed by atoms with van der Waals surface area (Å²) in [5, 5.41) is 0.399. The third kappa shape index (κ3) is 9.81. The highest BCUT2D eigenvalue weighted by Gasteiger charge is 2.41. The second-order valence-corrected chi connectivity index (χ2v) is 22.2. The Morgan fingerprint density at radius 1 is 0.848 bits per heavy atom. The molecule has 0 aliphatic rings. The summed E-state index contributed by atoms with van der Waals surface area (Å²) in [4.78, 5) is 0. The van der Waals surface area contributed by atoms with E-state index in [2.05, 4.69) is 118 Å². The summed E-state index contributed by atoms with van der Waals surface area (Å²) in [5.41, 5.74) is 1.21. The Bertz CT molecular complexity index is 715. The van der Waals surface area contributed by atoms with E-state index >= 15 is 0 Å². The molecule has 190 valence electrons. The molecule has 0 fully saturated rings. The molecule has 0 bridgehead atoms. The Hall–Kier alpha value is -0.726. The first-order valence-electron chi connectivity index (χ1n) is 12.6. The van der Waals surface area contributed by atoms with Gasteiger partial charge in [0, 0.05) is 5.92 Å². The van der Waals surface area contributed by atoms with Crippen LogP contribution in [0.3, 0.4) is 0 Å². The lowest BCUT2D eigenvalue weighted by Gasteiger charge is -2.42. The summed E-state index contributed by atoms with van der Waals surface area (Å²) in [7, 11) is -3.65. The molecule has 0 saturated carbocycles. The van der Waals surface area contributed by atoms with Gasteiger partial charge >= 0.3 is 0 Å². The van der Waals surface area contributed by atoms with Gasteiger partial charge in [-0.25, -0.2) is 0 Å². The minimum Gasteiger partial charge on any atom is -0.413 e. The van der Waals surface area contributed by atoms with Gasteiger partial charge in [0.15, 0.2) is 16.6 Å². The predicted molar refractivity (Wildman–Crippen MR) is 149 cm³/mol. The van der Waals surface area contributed by atoms with Gasteiger partial charge in [-0.15, -0.1) is 0 Å². The molecule has 3 nitrogen and oxygen atoms in total. The Kier molecular flexibility index (Phi) is 11.3. The van der Waals surface area contributed by atoms with E-state index in [9.17, 15) is 0 Å². The molecule has 0 amide bonds. The second kappa shape index (κ2) is 12.3. The van der Waals surface area contributed by atoms with Gasteiger partial charge in [0.2, 0.25) is 0 Å². The van der Waals surface area contributed by atoms with Crippen LogP contribution in [-0.2, 0) is 20.2 Å². The average molecular weight is 493 g/mol. The number of hydrogen-bond acceptors (Lipinski definition) is 3. The molecule has 0 N–H and O–H groups in total. The van der Waals surface area contributed by atoms with Crippen LogP contribution >= 0.6 is 0 Å². The minimum atomic E-state index is -1.91. The first-order valence-corrected chi connectivity index (χ1v) is 18.4. The standard InChI is InChI=1S/C28H52O3Si2/c1-23(17-16-20-30-32(9,10)27(3,4)5)26(31-33(11,12)28(6,7)8)24(2)21-29-22-25-18-14-13-15-19-25/h13-19,23-24,26H,20-22H2,1-12H3/b17-16+/t23-,24-,26+/m0/s1. The molecule has 1 rings (SSSR count). The second-order valence-electron chi connectivity index (χ2n) is 12.7. The van der Waals surface area contributed by atoms with Crippen LogP contribution in [-0.4, -0.2) is 36.0 Å². The van der Waals surface area contributed by atoms with E-state index in [1.165, 1.54) is 5.56 Å². The van der Waals surface area contributed by atoms with Crippen molar-refractivity contribution >= 4 is 16.6 Å². The van der Waals surface area contributed by atoms with Crippen LogP contribution in [0.1, 0.15) is 61.0 Å². The highest BCUT2D eigenvalue weighted by molar-refractivity contribution is 6.74. The van der Waals surface area contributed by atoms with E-state index in [1.807, 2.05) is 6.07 Å². The van der Waals surface area contributed by atoms with Crippen LogP contribution in [0.2, 0.25) is 36.3 Å². The van der Waals surface area contributed by atoms with E-state index in [1.54, 1.807) is 0 Å². The summed E-state index contributed by atoms with van der Waals surface area (Å²) in [6.07, 6.45) is 4.61. The molecule has 1 aromatic rings. The SMILES string of the molecule is C[C@@H](/C=C/CO[Si](C)(C)C(C)(C)C)[C@@H](O[Si](C)(C)C(C)(C)C)[C@@H](C)COCc1ccccc1. The fraction of sp³-hybridized carbons (Fsp3) is 0.714. The fourth-order valence-electron chi connectivity index (χ4n) is 3.14.